The van der Waals surface area contributed by atoms with Crippen LogP contribution in [0.15, 0.2) is 61.2 Å². The van der Waals surface area contributed by atoms with Crippen LogP contribution in [0.5, 0.6) is 5.75 Å². The van der Waals surface area contributed by atoms with Gasteiger partial charge in [-0.15, -0.1) is 0 Å². The molecule has 3 rings (SSSR count). The molecule has 0 atom stereocenters. The van der Waals surface area contributed by atoms with E-state index in [2.05, 4.69) is 15.3 Å². The van der Waals surface area contributed by atoms with Gasteiger partial charge in [0, 0.05) is 29.8 Å². The van der Waals surface area contributed by atoms with Gasteiger partial charge in [-0.2, -0.15) is 0 Å². The van der Waals surface area contributed by atoms with Crippen molar-refractivity contribution < 1.29 is 18.7 Å². The average Bonchev–Trinajstić information content (AvgIpc) is 2.67. The number of benzene rings is 1. The van der Waals surface area contributed by atoms with E-state index in [1.165, 1.54) is 43.0 Å². The number of amides is 2. The number of anilines is 1. The van der Waals surface area contributed by atoms with E-state index in [9.17, 15) is 14.0 Å². The minimum absolute atomic E-state index is 0.0137. The molecule has 1 aromatic carbocycles. The van der Waals surface area contributed by atoms with E-state index in [-0.39, 0.29) is 18.1 Å². The molecular weight excluding hydrogens is 351 g/mol. The van der Waals surface area contributed by atoms with Gasteiger partial charge in [0.15, 0.2) is 0 Å². The Kier molecular flexibility index (Phi) is 5.36. The maximum absolute atomic E-state index is 13.9. The molecular formula is C19H15FN4O3. The van der Waals surface area contributed by atoms with Crippen molar-refractivity contribution in [2.24, 2.45) is 5.73 Å². The van der Waals surface area contributed by atoms with Crippen LogP contribution in [0.4, 0.5) is 10.1 Å². The van der Waals surface area contributed by atoms with E-state index >= 15 is 0 Å². The third-order valence-electron chi connectivity index (χ3n) is 3.56. The van der Waals surface area contributed by atoms with Gasteiger partial charge in [-0.3, -0.25) is 19.6 Å². The summed E-state index contributed by atoms with van der Waals surface area (Å²) < 4.78 is 19.4. The minimum atomic E-state index is -0.625. The second kappa shape index (κ2) is 8.05. The van der Waals surface area contributed by atoms with Gasteiger partial charge >= 0.3 is 0 Å². The van der Waals surface area contributed by atoms with Crippen LogP contribution < -0.4 is 15.8 Å². The number of nitrogens with one attached hydrogen (secondary N) is 1. The molecule has 2 aromatic heterocycles. The number of ether oxygens (including phenoxy) is 1. The number of nitrogens with zero attached hydrogens (tertiary/aromatic N) is 2. The maximum Gasteiger partial charge on any atom is 0.255 e. The molecule has 3 aromatic rings. The first kappa shape index (κ1) is 18.0. The molecule has 0 saturated heterocycles. The van der Waals surface area contributed by atoms with Crippen LogP contribution in [-0.2, 0) is 6.61 Å². The van der Waals surface area contributed by atoms with E-state index in [0.29, 0.717) is 22.6 Å². The molecule has 0 aliphatic carbocycles. The van der Waals surface area contributed by atoms with Crippen molar-refractivity contribution in [3.05, 3.63) is 83.7 Å². The van der Waals surface area contributed by atoms with Crippen molar-refractivity contribution in [3.63, 3.8) is 0 Å². The summed E-state index contributed by atoms with van der Waals surface area (Å²) in [4.78, 5) is 31.0. The maximum atomic E-state index is 13.9. The monoisotopic (exact) mass is 366 g/mol. The summed E-state index contributed by atoms with van der Waals surface area (Å²) >= 11 is 0. The van der Waals surface area contributed by atoms with Crippen LogP contribution in [0.3, 0.4) is 0 Å². The molecule has 0 radical (unpaired) electrons. The van der Waals surface area contributed by atoms with Gasteiger partial charge in [-0.05, 0) is 42.0 Å². The van der Waals surface area contributed by atoms with Crippen LogP contribution >= 0.6 is 0 Å². The predicted molar refractivity (Wildman–Crippen MR) is 95.7 cm³/mol. The molecule has 0 saturated carbocycles. The lowest BCUT2D eigenvalue weighted by molar-refractivity contribution is 0.0997. The molecule has 7 nitrogen and oxygen atoms in total. The fraction of sp³-hybridized carbons (Fsp3) is 0.0526. The summed E-state index contributed by atoms with van der Waals surface area (Å²) in [5.74, 6) is -1.21. The van der Waals surface area contributed by atoms with Gasteiger partial charge in [0.25, 0.3) is 5.91 Å². The smallest absolute Gasteiger partial charge is 0.255 e. The number of carbonyl (C=O) groups is 2. The van der Waals surface area contributed by atoms with Gasteiger partial charge in [0.1, 0.15) is 18.2 Å². The molecule has 2 heterocycles. The highest BCUT2D eigenvalue weighted by Crippen LogP contribution is 2.18. The fourth-order valence-corrected chi connectivity index (χ4v) is 2.31. The third kappa shape index (κ3) is 4.85. The van der Waals surface area contributed by atoms with Gasteiger partial charge in [0.2, 0.25) is 5.91 Å². The van der Waals surface area contributed by atoms with Gasteiger partial charge in [-0.1, -0.05) is 0 Å². The van der Waals surface area contributed by atoms with Gasteiger partial charge in [-0.25, -0.2) is 4.39 Å². The Hall–Kier alpha value is -3.81. The number of aromatic nitrogens is 2. The Morgan fingerprint density at radius 3 is 2.56 bits per heavy atom. The van der Waals surface area contributed by atoms with Crippen LogP contribution in [0.1, 0.15) is 26.3 Å². The molecule has 0 fully saturated rings. The molecule has 0 spiro atoms. The van der Waals surface area contributed by atoms with Crippen molar-refractivity contribution in [1.82, 2.24) is 9.97 Å². The van der Waals surface area contributed by atoms with E-state index in [1.807, 2.05) is 0 Å². The largest absolute Gasteiger partial charge is 0.487 e. The van der Waals surface area contributed by atoms with Crippen molar-refractivity contribution in [1.29, 1.82) is 0 Å². The predicted octanol–water partition coefficient (Wildman–Crippen LogP) is 2.55. The van der Waals surface area contributed by atoms with Crippen LogP contribution in [0, 0.1) is 5.82 Å². The van der Waals surface area contributed by atoms with E-state index < -0.39 is 11.7 Å². The normalized spacial score (nSPS) is 10.3. The Labute approximate surface area is 154 Å². The van der Waals surface area contributed by atoms with Crippen LogP contribution in [-0.4, -0.2) is 21.8 Å². The quantitative estimate of drug-likeness (QED) is 0.697. The molecule has 0 aliphatic rings. The molecule has 3 N–H and O–H groups in total. The van der Waals surface area contributed by atoms with E-state index in [1.54, 1.807) is 18.2 Å². The molecule has 0 aliphatic heterocycles. The van der Waals surface area contributed by atoms with Crippen molar-refractivity contribution >= 4 is 17.5 Å². The van der Waals surface area contributed by atoms with Crippen molar-refractivity contribution in [3.8, 4) is 5.75 Å². The second-order valence-electron chi connectivity index (χ2n) is 5.60. The summed E-state index contributed by atoms with van der Waals surface area (Å²) in [6.07, 6.45) is 5.73. The number of hydrogen-bond acceptors (Lipinski definition) is 5. The Morgan fingerprint density at radius 1 is 1.04 bits per heavy atom. The van der Waals surface area contributed by atoms with E-state index in [0.717, 1.165) is 0 Å². The Morgan fingerprint density at radius 2 is 1.81 bits per heavy atom. The number of rotatable bonds is 6. The lowest BCUT2D eigenvalue weighted by Gasteiger charge is -2.10. The van der Waals surface area contributed by atoms with Crippen LogP contribution in [0.25, 0.3) is 0 Å². The molecule has 27 heavy (non-hydrogen) atoms. The van der Waals surface area contributed by atoms with Crippen molar-refractivity contribution in [2.75, 3.05) is 5.32 Å². The van der Waals surface area contributed by atoms with Gasteiger partial charge in [0.05, 0.1) is 11.8 Å². The average molecular weight is 366 g/mol. The van der Waals surface area contributed by atoms with Crippen molar-refractivity contribution in [2.45, 2.75) is 6.61 Å². The number of halogens is 1. The SMILES string of the molecule is NC(=O)c1cncc(OCc2cc(F)cc(NC(=O)c3ccncc3)c2)c1. The topological polar surface area (TPSA) is 107 Å². The first-order valence-corrected chi connectivity index (χ1v) is 7.90. The molecule has 0 unspecified atom stereocenters. The summed E-state index contributed by atoms with van der Waals surface area (Å²) in [5, 5.41) is 2.63. The van der Waals surface area contributed by atoms with E-state index in [4.69, 9.17) is 10.5 Å². The highest BCUT2D eigenvalue weighted by molar-refractivity contribution is 6.04. The molecule has 136 valence electrons. The first-order chi connectivity index (χ1) is 13.0. The number of nitrogens with two attached hydrogens (primary N) is 1. The summed E-state index contributed by atoms with van der Waals surface area (Å²) in [7, 11) is 0. The van der Waals surface area contributed by atoms with Gasteiger partial charge < -0.3 is 15.8 Å². The lowest BCUT2D eigenvalue weighted by Crippen LogP contribution is -2.12. The fourth-order valence-electron chi connectivity index (χ4n) is 2.31. The zero-order valence-electron chi connectivity index (χ0n) is 14.1. The zero-order valence-corrected chi connectivity index (χ0v) is 14.1. The standard InChI is InChI=1S/C19H15FN4O3/c20-15-5-12(11-27-17-7-14(18(21)25)9-23-10-17)6-16(8-15)24-19(26)13-1-3-22-4-2-13/h1-10H,11H2,(H2,21,25)(H,24,26). The highest BCUT2D eigenvalue weighted by atomic mass is 19.1. The minimum Gasteiger partial charge on any atom is -0.487 e. The number of primary amides is 1. The number of carbonyl (C=O) groups excluding carboxylic acids is 2. The third-order valence-corrected chi connectivity index (χ3v) is 3.56. The molecule has 2 amide bonds. The molecule has 8 heteroatoms. The Bertz CT molecular complexity index is 980. The Balaban J connectivity index is 1.71. The molecule has 0 bridgehead atoms. The zero-order chi connectivity index (χ0) is 19.2. The highest BCUT2D eigenvalue weighted by Gasteiger charge is 2.09. The summed E-state index contributed by atoms with van der Waals surface area (Å²) in [6.45, 7) is 0.0137. The number of hydrogen-bond donors (Lipinski definition) is 2. The summed E-state index contributed by atoms with van der Waals surface area (Å²) in [6, 6.07) is 8.63. The second-order valence-corrected chi connectivity index (χ2v) is 5.60. The lowest BCUT2D eigenvalue weighted by atomic mass is 10.2. The van der Waals surface area contributed by atoms with Crippen LogP contribution in [0.2, 0.25) is 0 Å². The first-order valence-electron chi connectivity index (χ1n) is 7.90. The number of pyridine rings is 2. The summed E-state index contributed by atoms with van der Waals surface area (Å²) in [5.41, 5.74) is 6.59.